The van der Waals surface area contributed by atoms with E-state index in [1.165, 1.54) is 19.3 Å². The molecule has 0 bridgehead atoms. The molecule has 0 N–H and O–H groups in total. The van der Waals surface area contributed by atoms with Crippen LogP contribution in [0.4, 0.5) is 0 Å². The maximum Gasteiger partial charge on any atom is 0.117 e. The van der Waals surface area contributed by atoms with Crippen molar-refractivity contribution in [1.29, 1.82) is 0 Å². The Morgan fingerprint density at radius 1 is 1.33 bits per heavy atom. The van der Waals surface area contributed by atoms with Gasteiger partial charge in [0, 0.05) is 24.0 Å². The molecule has 0 atom stereocenters. The second-order valence-electron chi connectivity index (χ2n) is 4.49. The molecule has 0 saturated heterocycles. The van der Waals surface area contributed by atoms with Gasteiger partial charge in [0.25, 0.3) is 0 Å². The lowest BCUT2D eigenvalue weighted by molar-refractivity contribution is 0.410. The normalized spacial score (nSPS) is 14.7. The number of rotatable bonds is 2. The van der Waals surface area contributed by atoms with Crippen LogP contribution in [0.15, 0.2) is 31.1 Å². The molecule has 1 saturated carbocycles. The Balaban J connectivity index is 1.70. The van der Waals surface area contributed by atoms with E-state index in [1.807, 2.05) is 16.8 Å². The van der Waals surface area contributed by atoms with Crippen LogP contribution in [0.1, 0.15) is 36.6 Å². The Morgan fingerprint density at radius 2 is 2.28 bits per heavy atom. The molecule has 0 spiro atoms. The minimum absolute atomic E-state index is 0.627. The van der Waals surface area contributed by atoms with Gasteiger partial charge in [-0.1, -0.05) is 12.3 Å². The first-order valence-electron chi connectivity index (χ1n) is 6.18. The van der Waals surface area contributed by atoms with E-state index >= 15 is 0 Å². The van der Waals surface area contributed by atoms with E-state index in [4.69, 9.17) is 0 Å². The smallest absolute Gasteiger partial charge is 0.117 e. The molecule has 4 nitrogen and oxygen atoms in total. The molecule has 2 aromatic heterocycles. The molecule has 1 fully saturated rings. The molecule has 18 heavy (non-hydrogen) atoms. The Morgan fingerprint density at radius 3 is 3.00 bits per heavy atom. The van der Waals surface area contributed by atoms with Crippen molar-refractivity contribution < 1.29 is 0 Å². The second kappa shape index (κ2) is 5.01. The van der Waals surface area contributed by atoms with Gasteiger partial charge >= 0.3 is 0 Å². The summed E-state index contributed by atoms with van der Waals surface area (Å²) in [5, 5.41) is 0. The minimum atomic E-state index is 0.627. The molecule has 0 amide bonds. The molecule has 0 aliphatic heterocycles. The molecular weight excluding hydrogens is 224 g/mol. The molecule has 2 heterocycles. The van der Waals surface area contributed by atoms with Crippen molar-refractivity contribution in [3.8, 4) is 11.8 Å². The quantitative estimate of drug-likeness (QED) is 0.751. The van der Waals surface area contributed by atoms with Crippen molar-refractivity contribution in [3.05, 3.63) is 42.5 Å². The van der Waals surface area contributed by atoms with Crippen LogP contribution in [-0.4, -0.2) is 19.5 Å². The summed E-state index contributed by atoms with van der Waals surface area (Å²) in [6.45, 7) is 0.642. The van der Waals surface area contributed by atoms with E-state index in [-0.39, 0.29) is 0 Å². The van der Waals surface area contributed by atoms with E-state index in [0.717, 1.165) is 11.4 Å². The summed E-state index contributed by atoms with van der Waals surface area (Å²) in [7, 11) is 0. The first-order chi connectivity index (χ1) is 8.92. The van der Waals surface area contributed by atoms with E-state index in [0.29, 0.717) is 12.5 Å². The van der Waals surface area contributed by atoms with Gasteiger partial charge < -0.3 is 4.57 Å². The van der Waals surface area contributed by atoms with Crippen molar-refractivity contribution in [2.24, 2.45) is 0 Å². The van der Waals surface area contributed by atoms with Crippen LogP contribution in [0.5, 0.6) is 0 Å². The highest BCUT2D eigenvalue weighted by Crippen LogP contribution is 2.34. The first kappa shape index (κ1) is 11.0. The fraction of sp³-hybridized carbons (Fsp3) is 0.357. The van der Waals surface area contributed by atoms with Gasteiger partial charge in [-0.2, -0.15) is 0 Å². The molecule has 2 aromatic rings. The largest absolute Gasteiger partial charge is 0.326 e. The average Bonchev–Trinajstić information content (AvgIpc) is 2.80. The van der Waals surface area contributed by atoms with Crippen LogP contribution < -0.4 is 0 Å². The Bertz CT molecular complexity index is 573. The van der Waals surface area contributed by atoms with Crippen LogP contribution in [-0.2, 0) is 6.54 Å². The molecule has 0 aromatic carbocycles. The summed E-state index contributed by atoms with van der Waals surface area (Å²) in [5.74, 6) is 6.79. The molecule has 1 aliphatic carbocycles. The minimum Gasteiger partial charge on any atom is -0.326 e. The van der Waals surface area contributed by atoms with Gasteiger partial charge in [0.1, 0.15) is 12.0 Å². The third-order valence-corrected chi connectivity index (χ3v) is 3.25. The predicted octanol–water partition coefficient (Wildman–Crippen LogP) is 1.99. The van der Waals surface area contributed by atoms with Gasteiger partial charge in [-0.05, 0) is 24.8 Å². The van der Waals surface area contributed by atoms with Gasteiger partial charge in [0.15, 0.2) is 0 Å². The van der Waals surface area contributed by atoms with Crippen LogP contribution in [0.25, 0.3) is 0 Å². The number of hydrogen-bond donors (Lipinski definition) is 0. The van der Waals surface area contributed by atoms with Crippen LogP contribution in [0, 0.1) is 11.8 Å². The van der Waals surface area contributed by atoms with Crippen LogP contribution >= 0.6 is 0 Å². The number of nitrogens with zero attached hydrogens (tertiary/aromatic N) is 4. The van der Waals surface area contributed by atoms with Crippen molar-refractivity contribution >= 4 is 0 Å². The Labute approximate surface area is 106 Å². The zero-order valence-electron chi connectivity index (χ0n) is 10.1. The lowest BCUT2D eigenvalue weighted by atomic mass is 9.83. The summed E-state index contributed by atoms with van der Waals surface area (Å²) in [6.07, 6.45) is 10.8. The monoisotopic (exact) mass is 238 g/mol. The zero-order chi connectivity index (χ0) is 12.2. The molecule has 4 heteroatoms. The summed E-state index contributed by atoms with van der Waals surface area (Å²) < 4.78 is 1.93. The molecule has 0 radical (unpaired) electrons. The Kier molecular flexibility index (Phi) is 3.05. The third kappa shape index (κ3) is 2.40. The lowest BCUT2D eigenvalue weighted by Crippen LogP contribution is -2.10. The SMILES string of the molecule is C(#Cc1cc(C2CCC2)ncn1)Cn1ccnc1. The summed E-state index contributed by atoms with van der Waals surface area (Å²) in [4.78, 5) is 12.5. The van der Waals surface area contributed by atoms with E-state index in [1.54, 1.807) is 18.9 Å². The average molecular weight is 238 g/mol. The third-order valence-electron chi connectivity index (χ3n) is 3.25. The second-order valence-corrected chi connectivity index (χ2v) is 4.49. The maximum atomic E-state index is 4.33. The predicted molar refractivity (Wildman–Crippen MR) is 67.7 cm³/mol. The van der Waals surface area contributed by atoms with Crippen molar-refractivity contribution in [2.45, 2.75) is 31.7 Å². The lowest BCUT2D eigenvalue weighted by Gasteiger charge is -2.24. The van der Waals surface area contributed by atoms with Crippen molar-refractivity contribution in [2.75, 3.05) is 0 Å². The molecular formula is C14H14N4. The van der Waals surface area contributed by atoms with Gasteiger partial charge in [-0.3, -0.25) is 0 Å². The zero-order valence-corrected chi connectivity index (χ0v) is 10.1. The highest BCUT2D eigenvalue weighted by atomic mass is 15.0. The molecule has 90 valence electrons. The molecule has 0 unspecified atom stereocenters. The number of aromatic nitrogens is 4. The standard InChI is InChI=1S/C14H14N4/c1-3-12(4-1)14-9-13(16-10-17-14)5-2-7-18-8-6-15-11-18/h6,8-12H,1,3-4,7H2. The van der Waals surface area contributed by atoms with Gasteiger partial charge in [-0.25, -0.2) is 15.0 Å². The summed E-state index contributed by atoms with van der Waals surface area (Å²) in [5.41, 5.74) is 1.95. The van der Waals surface area contributed by atoms with E-state index < -0.39 is 0 Å². The van der Waals surface area contributed by atoms with Crippen LogP contribution in [0.2, 0.25) is 0 Å². The first-order valence-corrected chi connectivity index (χ1v) is 6.18. The van der Waals surface area contributed by atoms with Gasteiger partial charge in [0.2, 0.25) is 0 Å². The van der Waals surface area contributed by atoms with Gasteiger partial charge in [-0.15, -0.1) is 0 Å². The summed E-state index contributed by atoms with van der Waals surface area (Å²) in [6, 6.07) is 2.02. The fourth-order valence-corrected chi connectivity index (χ4v) is 1.97. The van der Waals surface area contributed by atoms with Crippen molar-refractivity contribution in [3.63, 3.8) is 0 Å². The topological polar surface area (TPSA) is 43.6 Å². The van der Waals surface area contributed by atoms with Gasteiger partial charge in [0.05, 0.1) is 12.9 Å². The van der Waals surface area contributed by atoms with Crippen LogP contribution in [0.3, 0.4) is 0 Å². The maximum absolute atomic E-state index is 4.33. The molecule has 3 rings (SSSR count). The Hall–Kier alpha value is -2.15. The number of imidazole rings is 1. The van der Waals surface area contributed by atoms with Crippen molar-refractivity contribution in [1.82, 2.24) is 19.5 Å². The fourth-order valence-electron chi connectivity index (χ4n) is 1.97. The van der Waals surface area contributed by atoms with E-state index in [2.05, 4.69) is 26.8 Å². The molecule has 1 aliphatic rings. The number of hydrogen-bond acceptors (Lipinski definition) is 3. The summed E-state index contributed by atoms with van der Waals surface area (Å²) >= 11 is 0. The highest BCUT2D eigenvalue weighted by molar-refractivity contribution is 5.29. The van der Waals surface area contributed by atoms with E-state index in [9.17, 15) is 0 Å². The highest BCUT2D eigenvalue weighted by Gasteiger charge is 2.20.